The van der Waals surface area contributed by atoms with Crippen LogP contribution in [0.5, 0.6) is 0 Å². The summed E-state index contributed by atoms with van der Waals surface area (Å²) in [5.41, 5.74) is -0.466. The molecule has 0 heterocycles. The molecule has 1 aliphatic carbocycles. The van der Waals surface area contributed by atoms with Crippen LogP contribution in [0.4, 0.5) is 8.78 Å². The van der Waals surface area contributed by atoms with Gasteiger partial charge in [0.05, 0.1) is 0 Å². The second-order valence-electron chi connectivity index (χ2n) is 3.79. The number of carbonyl (C=O) groups is 1. The molecular weight excluding hydrogens is 222 g/mol. The maximum atomic E-state index is 12.2. The van der Waals surface area contributed by atoms with Crippen LogP contribution >= 0.6 is 11.6 Å². The Labute approximate surface area is 92.8 Å². The van der Waals surface area contributed by atoms with Gasteiger partial charge in [0, 0.05) is 11.5 Å². The predicted octanol–water partition coefficient (Wildman–Crippen LogP) is 3.69. The highest BCUT2D eigenvalue weighted by atomic mass is 35.5. The van der Waals surface area contributed by atoms with Crippen LogP contribution in [0.3, 0.4) is 0 Å². The molecule has 1 nitrogen and oxygen atoms in total. The minimum Gasteiger partial charge on any atom is -0.293 e. The van der Waals surface area contributed by atoms with Crippen molar-refractivity contribution in [3.63, 3.8) is 0 Å². The van der Waals surface area contributed by atoms with E-state index in [9.17, 15) is 13.6 Å². The molecule has 0 aromatic heterocycles. The normalized spacial score (nSPS) is 25.5. The summed E-state index contributed by atoms with van der Waals surface area (Å²) in [5.74, 6) is -0.993. The number of ketones is 1. The number of Topliss-reactive ketones (excluding diaryl/α,β-unsaturated/α-hetero) is 1. The Morgan fingerprint density at radius 1 is 1.67 bits per heavy atom. The number of halogens is 3. The second kappa shape index (κ2) is 4.88. The zero-order valence-electron chi connectivity index (χ0n) is 8.47. The van der Waals surface area contributed by atoms with E-state index >= 15 is 0 Å². The maximum Gasteiger partial charge on any atom is 0.296 e. The van der Waals surface area contributed by atoms with Crippen LogP contribution in [-0.2, 0) is 4.79 Å². The molecule has 1 rings (SSSR count). The monoisotopic (exact) mass is 234 g/mol. The molecule has 0 saturated carbocycles. The molecule has 0 amide bonds. The summed E-state index contributed by atoms with van der Waals surface area (Å²) in [5, 5.41) is 0.601. The third-order valence-corrected chi connectivity index (χ3v) is 3.05. The topological polar surface area (TPSA) is 17.1 Å². The van der Waals surface area contributed by atoms with Crippen molar-refractivity contribution in [2.75, 3.05) is 0 Å². The van der Waals surface area contributed by atoms with Gasteiger partial charge in [0.1, 0.15) is 0 Å². The van der Waals surface area contributed by atoms with Crippen molar-refractivity contribution in [2.45, 2.75) is 32.6 Å². The van der Waals surface area contributed by atoms with Gasteiger partial charge in [0.25, 0.3) is 6.43 Å². The van der Waals surface area contributed by atoms with Crippen molar-refractivity contribution >= 4 is 17.4 Å². The molecule has 0 N–H and O–H groups in total. The standard InChI is InChI=1S/C11H13ClF2O/c1-2-11(7-9(15)10(13)14)5-3-8(12)4-6-11/h3-5,10H,2,6-7H2,1H3. The van der Waals surface area contributed by atoms with E-state index < -0.39 is 17.6 Å². The lowest BCUT2D eigenvalue weighted by Gasteiger charge is -2.29. The molecule has 0 bridgehead atoms. The third-order valence-electron chi connectivity index (χ3n) is 2.77. The Balaban J connectivity index is 2.72. The quantitative estimate of drug-likeness (QED) is 0.725. The van der Waals surface area contributed by atoms with E-state index in [1.54, 1.807) is 18.2 Å². The van der Waals surface area contributed by atoms with Crippen LogP contribution < -0.4 is 0 Å². The van der Waals surface area contributed by atoms with E-state index in [2.05, 4.69) is 0 Å². The molecule has 0 aromatic carbocycles. The first-order valence-electron chi connectivity index (χ1n) is 4.85. The lowest BCUT2D eigenvalue weighted by atomic mass is 9.75. The van der Waals surface area contributed by atoms with Crippen LogP contribution in [-0.4, -0.2) is 12.2 Å². The number of allylic oxidation sites excluding steroid dienone is 4. The van der Waals surface area contributed by atoms with Crippen molar-refractivity contribution in [2.24, 2.45) is 5.41 Å². The van der Waals surface area contributed by atoms with E-state index in [0.717, 1.165) is 0 Å². The minimum absolute atomic E-state index is 0.113. The predicted molar refractivity (Wildman–Crippen MR) is 56.0 cm³/mol. The highest BCUT2D eigenvalue weighted by molar-refractivity contribution is 6.31. The van der Waals surface area contributed by atoms with Crippen LogP contribution in [0.2, 0.25) is 0 Å². The molecular formula is C11H13ClF2O. The van der Waals surface area contributed by atoms with Crippen molar-refractivity contribution in [1.29, 1.82) is 0 Å². The number of hydrogen-bond acceptors (Lipinski definition) is 1. The fraction of sp³-hybridized carbons (Fsp3) is 0.545. The molecule has 1 aliphatic rings. The van der Waals surface area contributed by atoms with E-state index in [-0.39, 0.29) is 6.42 Å². The molecule has 1 unspecified atom stereocenters. The van der Waals surface area contributed by atoms with E-state index in [0.29, 0.717) is 17.9 Å². The van der Waals surface area contributed by atoms with Crippen molar-refractivity contribution in [3.05, 3.63) is 23.3 Å². The summed E-state index contributed by atoms with van der Waals surface area (Å²) in [6, 6.07) is 0. The Kier molecular flexibility index (Phi) is 4.03. The van der Waals surface area contributed by atoms with Crippen LogP contribution in [0.1, 0.15) is 26.2 Å². The summed E-state index contributed by atoms with van der Waals surface area (Å²) in [7, 11) is 0. The lowest BCUT2D eigenvalue weighted by molar-refractivity contribution is -0.131. The number of hydrogen-bond donors (Lipinski definition) is 0. The summed E-state index contributed by atoms with van der Waals surface area (Å²) in [6.07, 6.45) is 3.44. The van der Waals surface area contributed by atoms with E-state index in [1.807, 2.05) is 6.92 Å². The first-order valence-corrected chi connectivity index (χ1v) is 5.23. The molecule has 0 radical (unpaired) electrons. The molecule has 0 aliphatic heterocycles. The molecule has 0 spiro atoms. The third kappa shape index (κ3) is 3.13. The highest BCUT2D eigenvalue weighted by Crippen LogP contribution is 2.38. The Bertz CT molecular complexity index is 310. The molecule has 15 heavy (non-hydrogen) atoms. The van der Waals surface area contributed by atoms with Crippen LogP contribution in [0.15, 0.2) is 23.3 Å². The molecule has 0 saturated heterocycles. The number of rotatable bonds is 4. The summed E-state index contributed by atoms with van der Waals surface area (Å²) in [6.45, 7) is 1.89. The molecule has 0 fully saturated rings. The smallest absolute Gasteiger partial charge is 0.293 e. The van der Waals surface area contributed by atoms with Gasteiger partial charge < -0.3 is 0 Å². The minimum atomic E-state index is -2.87. The lowest BCUT2D eigenvalue weighted by Crippen LogP contribution is -2.25. The van der Waals surface area contributed by atoms with Gasteiger partial charge in [-0.2, -0.15) is 0 Å². The summed E-state index contributed by atoms with van der Waals surface area (Å²) >= 11 is 5.74. The largest absolute Gasteiger partial charge is 0.296 e. The fourth-order valence-corrected chi connectivity index (χ4v) is 1.78. The van der Waals surface area contributed by atoms with Gasteiger partial charge in [-0.25, -0.2) is 8.78 Å². The van der Waals surface area contributed by atoms with Gasteiger partial charge >= 0.3 is 0 Å². The first kappa shape index (κ1) is 12.4. The van der Waals surface area contributed by atoms with Gasteiger partial charge in [-0.15, -0.1) is 0 Å². The van der Waals surface area contributed by atoms with Gasteiger partial charge in [-0.3, -0.25) is 4.79 Å². The first-order chi connectivity index (χ1) is 6.99. The second-order valence-corrected chi connectivity index (χ2v) is 4.22. The molecule has 4 heteroatoms. The van der Waals surface area contributed by atoms with Crippen LogP contribution in [0, 0.1) is 5.41 Å². The average Bonchev–Trinajstić information content (AvgIpc) is 2.21. The molecule has 1 atom stereocenters. The zero-order chi connectivity index (χ0) is 11.5. The zero-order valence-corrected chi connectivity index (χ0v) is 9.23. The average molecular weight is 235 g/mol. The highest BCUT2D eigenvalue weighted by Gasteiger charge is 2.32. The fourth-order valence-electron chi connectivity index (χ4n) is 1.64. The van der Waals surface area contributed by atoms with Gasteiger partial charge in [0.15, 0.2) is 5.78 Å². The van der Waals surface area contributed by atoms with E-state index in [4.69, 9.17) is 11.6 Å². The van der Waals surface area contributed by atoms with Gasteiger partial charge in [0.2, 0.25) is 0 Å². The Morgan fingerprint density at radius 2 is 2.33 bits per heavy atom. The molecule has 0 aromatic rings. The summed E-state index contributed by atoms with van der Waals surface area (Å²) < 4.78 is 24.3. The number of alkyl halides is 2. The van der Waals surface area contributed by atoms with Crippen molar-refractivity contribution in [1.82, 2.24) is 0 Å². The van der Waals surface area contributed by atoms with Gasteiger partial charge in [-0.1, -0.05) is 30.7 Å². The molecule has 84 valence electrons. The van der Waals surface area contributed by atoms with Crippen LogP contribution in [0.25, 0.3) is 0 Å². The van der Waals surface area contributed by atoms with Crippen molar-refractivity contribution < 1.29 is 13.6 Å². The van der Waals surface area contributed by atoms with E-state index in [1.165, 1.54) is 0 Å². The summed E-state index contributed by atoms with van der Waals surface area (Å²) in [4.78, 5) is 11.0. The Morgan fingerprint density at radius 3 is 2.73 bits per heavy atom. The van der Waals surface area contributed by atoms with Crippen molar-refractivity contribution in [3.8, 4) is 0 Å². The number of carbonyl (C=O) groups excluding carboxylic acids is 1. The SMILES string of the molecule is CCC1(CC(=O)C(F)F)C=CC(Cl)=CC1. The Hall–Kier alpha value is -0.700. The van der Waals surface area contributed by atoms with Gasteiger partial charge in [-0.05, 0) is 24.3 Å². The maximum absolute atomic E-state index is 12.2.